The first-order chi connectivity index (χ1) is 6.17. The van der Waals surface area contributed by atoms with Gasteiger partial charge in [-0.2, -0.15) is 0 Å². The van der Waals surface area contributed by atoms with Crippen LogP contribution in [0.4, 0.5) is 0 Å². The Morgan fingerprint density at radius 3 is 2.85 bits per heavy atom. The highest BCUT2D eigenvalue weighted by Crippen LogP contribution is 2.53. The van der Waals surface area contributed by atoms with Crippen LogP contribution in [0, 0.1) is 0 Å². The van der Waals surface area contributed by atoms with E-state index in [4.69, 9.17) is 11.6 Å². The summed E-state index contributed by atoms with van der Waals surface area (Å²) < 4.78 is -0.495. The maximum Gasteiger partial charge on any atom is 0.137 e. The molecule has 0 saturated heterocycles. The van der Waals surface area contributed by atoms with Crippen LogP contribution < -0.4 is 0 Å². The highest BCUT2D eigenvalue weighted by Gasteiger charge is 2.42. The van der Waals surface area contributed by atoms with Crippen LogP contribution in [0.3, 0.4) is 0 Å². The number of carbonyl (C=O) groups is 1. The lowest BCUT2D eigenvalue weighted by atomic mass is 10.0. The third-order valence-electron chi connectivity index (χ3n) is 2.26. The van der Waals surface area contributed by atoms with Crippen LogP contribution in [0.25, 0.3) is 0 Å². The Labute approximate surface area is 86.5 Å². The number of halogens is 1. The standard InChI is InChI=1S/C10H9ClOS/c1-10(6-12)9(11)7-4-2-3-5-8(7)13-10/h2-6,9H,1H3. The molecule has 1 aliphatic rings. The van der Waals surface area contributed by atoms with Crippen molar-refractivity contribution in [2.75, 3.05) is 0 Å². The summed E-state index contributed by atoms with van der Waals surface area (Å²) in [7, 11) is 0. The van der Waals surface area contributed by atoms with Crippen molar-refractivity contribution in [3.8, 4) is 0 Å². The molecule has 0 spiro atoms. The van der Waals surface area contributed by atoms with E-state index in [9.17, 15) is 4.79 Å². The molecule has 0 saturated carbocycles. The van der Waals surface area contributed by atoms with Crippen molar-refractivity contribution < 1.29 is 4.79 Å². The number of hydrogen-bond donors (Lipinski definition) is 0. The van der Waals surface area contributed by atoms with E-state index in [1.807, 2.05) is 31.2 Å². The Balaban J connectivity index is 2.49. The number of carbonyl (C=O) groups excluding carboxylic acids is 1. The van der Waals surface area contributed by atoms with Gasteiger partial charge in [-0.1, -0.05) is 18.2 Å². The van der Waals surface area contributed by atoms with Crippen molar-refractivity contribution in [3.63, 3.8) is 0 Å². The van der Waals surface area contributed by atoms with E-state index in [1.54, 1.807) is 11.8 Å². The summed E-state index contributed by atoms with van der Waals surface area (Å²) in [6.07, 6.45) is 0.940. The van der Waals surface area contributed by atoms with Gasteiger partial charge in [-0.3, -0.25) is 0 Å². The molecular weight excluding hydrogens is 204 g/mol. The summed E-state index contributed by atoms with van der Waals surface area (Å²) in [5.74, 6) is 0. The quantitative estimate of drug-likeness (QED) is 0.526. The molecule has 0 aromatic heterocycles. The SMILES string of the molecule is CC1(C=O)Sc2ccccc2C1Cl. The zero-order valence-corrected chi connectivity index (χ0v) is 8.73. The summed E-state index contributed by atoms with van der Waals surface area (Å²) in [4.78, 5) is 12.0. The Hall–Kier alpha value is -0.470. The lowest BCUT2D eigenvalue weighted by molar-refractivity contribution is -0.109. The Bertz CT molecular complexity index is 353. The van der Waals surface area contributed by atoms with E-state index in [0.717, 1.165) is 16.7 Å². The summed E-state index contributed by atoms with van der Waals surface area (Å²) in [5.41, 5.74) is 1.07. The minimum absolute atomic E-state index is 0.203. The lowest BCUT2D eigenvalue weighted by Gasteiger charge is -2.18. The molecule has 1 heterocycles. The molecule has 2 rings (SSSR count). The number of fused-ring (bicyclic) bond motifs is 1. The van der Waals surface area contributed by atoms with E-state index in [-0.39, 0.29) is 5.38 Å². The van der Waals surface area contributed by atoms with E-state index in [1.165, 1.54) is 0 Å². The van der Waals surface area contributed by atoms with Crippen LogP contribution in [0.5, 0.6) is 0 Å². The summed E-state index contributed by atoms with van der Waals surface area (Å²) >= 11 is 7.74. The Morgan fingerprint density at radius 2 is 2.23 bits per heavy atom. The zero-order chi connectivity index (χ0) is 9.47. The van der Waals surface area contributed by atoms with E-state index < -0.39 is 4.75 Å². The summed E-state index contributed by atoms with van der Waals surface area (Å²) in [5, 5.41) is -0.203. The number of alkyl halides is 1. The molecule has 3 heteroatoms. The first-order valence-electron chi connectivity index (χ1n) is 4.06. The fraction of sp³-hybridized carbons (Fsp3) is 0.300. The molecular formula is C10H9ClOS. The van der Waals surface area contributed by atoms with Crippen LogP contribution in [0.15, 0.2) is 29.2 Å². The third-order valence-corrected chi connectivity index (χ3v) is 4.44. The second-order valence-electron chi connectivity index (χ2n) is 3.30. The van der Waals surface area contributed by atoms with Crippen molar-refractivity contribution in [2.45, 2.75) is 21.9 Å². The number of thioether (sulfide) groups is 1. The van der Waals surface area contributed by atoms with Crippen LogP contribution in [0.1, 0.15) is 17.9 Å². The van der Waals surface area contributed by atoms with Crippen LogP contribution in [0.2, 0.25) is 0 Å². The molecule has 1 aromatic carbocycles. The highest BCUT2D eigenvalue weighted by atomic mass is 35.5. The van der Waals surface area contributed by atoms with Gasteiger partial charge in [0.1, 0.15) is 6.29 Å². The monoisotopic (exact) mass is 212 g/mol. The van der Waals surface area contributed by atoms with Crippen molar-refractivity contribution in [2.24, 2.45) is 0 Å². The van der Waals surface area contributed by atoms with Gasteiger partial charge < -0.3 is 4.79 Å². The van der Waals surface area contributed by atoms with E-state index in [2.05, 4.69) is 0 Å². The molecule has 0 amide bonds. The molecule has 0 radical (unpaired) electrons. The van der Waals surface area contributed by atoms with Crippen molar-refractivity contribution in [1.29, 1.82) is 0 Å². The van der Waals surface area contributed by atoms with Gasteiger partial charge in [0.2, 0.25) is 0 Å². The molecule has 13 heavy (non-hydrogen) atoms. The van der Waals surface area contributed by atoms with E-state index in [0.29, 0.717) is 0 Å². The fourth-order valence-corrected chi connectivity index (χ4v) is 3.11. The minimum atomic E-state index is -0.495. The van der Waals surface area contributed by atoms with E-state index >= 15 is 0 Å². The number of aldehydes is 1. The second kappa shape index (κ2) is 3.03. The molecule has 1 aliphatic heterocycles. The molecule has 1 aromatic rings. The first kappa shape index (κ1) is 9.10. The molecule has 68 valence electrons. The Kier molecular flexibility index (Phi) is 2.12. The predicted octanol–water partition coefficient (Wildman–Crippen LogP) is 3.03. The van der Waals surface area contributed by atoms with Crippen molar-refractivity contribution in [3.05, 3.63) is 29.8 Å². The van der Waals surface area contributed by atoms with Crippen LogP contribution in [-0.2, 0) is 4.79 Å². The molecule has 0 bridgehead atoms. The summed E-state index contributed by atoms with van der Waals surface area (Å²) in [6.45, 7) is 1.88. The van der Waals surface area contributed by atoms with Gasteiger partial charge in [-0.25, -0.2) is 0 Å². The number of rotatable bonds is 1. The molecule has 0 aliphatic carbocycles. The summed E-state index contributed by atoms with van der Waals surface area (Å²) in [6, 6.07) is 7.90. The Morgan fingerprint density at radius 1 is 1.54 bits per heavy atom. The third kappa shape index (κ3) is 1.29. The topological polar surface area (TPSA) is 17.1 Å². The van der Waals surface area contributed by atoms with Gasteiger partial charge in [0.15, 0.2) is 0 Å². The average molecular weight is 213 g/mol. The van der Waals surface area contributed by atoms with Gasteiger partial charge in [-0.05, 0) is 18.6 Å². The largest absolute Gasteiger partial charge is 0.302 e. The minimum Gasteiger partial charge on any atom is -0.302 e. The fourth-order valence-electron chi connectivity index (χ4n) is 1.46. The molecule has 2 atom stereocenters. The first-order valence-corrected chi connectivity index (χ1v) is 5.31. The van der Waals surface area contributed by atoms with Crippen LogP contribution >= 0.6 is 23.4 Å². The smallest absolute Gasteiger partial charge is 0.137 e. The van der Waals surface area contributed by atoms with Gasteiger partial charge in [0.25, 0.3) is 0 Å². The molecule has 1 nitrogen and oxygen atoms in total. The predicted molar refractivity (Wildman–Crippen MR) is 55.4 cm³/mol. The normalized spacial score (nSPS) is 31.4. The average Bonchev–Trinajstić information content (AvgIpc) is 2.41. The number of hydrogen-bond acceptors (Lipinski definition) is 2. The van der Waals surface area contributed by atoms with Gasteiger partial charge in [0.05, 0.1) is 10.1 Å². The molecule has 0 fully saturated rings. The maximum atomic E-state index is 10.9. The lowest BCUT2D eigenvalue weighted by Crippen LogP contribution is -2.23. The van der Waals surface area contributed by atoms with Crippen molar-refractivity contribution >= 4 is 29.6 Å². The molecule has 0 N–H and O–H groups in total. The molecule has 2 unspecified atom stereocenters. The van der Waals surface area contributed by atoms with Gasteiger partial charge >= 0.3 is 0 Å². The van der Waals surface area contributed by atoms with Crippen molar-refractivity contribution in [1.82, 2.24) is 0 Å². The van der Waals surface area contributed by atoms with Gasteiger partial charge in [-0.15, -0.1) is 23.4 Å². The second-order valence-corrected chi connectivity index (χ2v) is 5.26. The number of benzene rings is 1. The van der Waals surface area contributed by atoms with Gasteiger partial charge in [0, 0.05) is 4.90 Å². The van der Waals surface area contributed by atoms with Crippen LogP contribution in [-0.4, -0.2) is 11.0 Å². The maximum absolute atomic E-state index is 10.9. The zero-order valence-electron chi connectivity index (χ0n) is 7.16. The highest BCUT2D eigenvalue weighted by molar-refractivity contribution is 8.01.